The third-order valence-corrected chi connectivity index (χ3v) is 5.43. The number of amides is 2. The minimum atomic E-state index is -0.292. The molecule has 2 N–H and O–H groups in total. The van der Waals surface area contributed by atoms with Crippen molar-refractivity contribution < 1.29 is 9.59 Å². The van der Waals surface area contributed by atoms with E-state index in [9.17, 15) is 9.59 Å². The summed E-state index contributed by atoms with van der Waals surface area (Å²) in [4.78, 5) is 25.2. The number of aryl methyl sites for hydroxylation is 2. The molecule has 134 valence electrons. The molecule has 0 aliphatic rings. The van der Waals surface area contributed by atoms with Gasteiger partial charge in [-0.05, 0) is 30.5 Å². The summed E-state index contributed by atoms with van der Waals surface area (Å²) < 4.78 is 0. The van der Waals surface area contributed by atoms with Crippen molar-refractivity contribution in [1.29, 1.82) is 0 Å². The highest BCUT2D eigenvalue weighted by atomic mass is 32.1. The van der Waals surface area contributed by atoms with Gasteiger partial charge in [0.1, 0.15) is 5.01 Å². The molecule has 2 heterocycles. The molecule has 3 rings (SSSR count). The smallest absolute Gasteiger partial charge is 0.286 e. The molecule has 0 spiro atoms. The van der Waals surface area contributed by atoms with E-state index < -0.39 is 0 Å². The van der Waals surface area contributed by atoms with Crippen LogP contribution in [0.25, 0.3) is 0 Å². The van der Waals surface area contributed by atoms with E-state index in [1.54, 1.807) is 11.3 Å². The first-order valence-corrected chi connectivity index (χ1v) is 9.79. The van der Waals surface area contributed by atoms with Crippen LogP contribution in [0.3, 0.4) is 0 Å². The summed E-state index contributed by atoms with van der Waals surface area (Å²) in [6.07, 6.45) is 0.783. The predicted molar refractivity (Wildman–Crippen MR) is 104 cm³/mol. The van der Waals surface area contributed by atoms with Gasteiger partial charge in [0.2, 0.25) is 10.9 Å². The molecule has 0 unspecified atom stereocenters. The Labute approximate surface area is 159 Å². The Balaban J connectivity index is 1.47. The van der Waals surface area contributed by atoms with E-state index in [2.05, 4.69) is 20.8 Å². The third kappa shape index (κ3) is 5.21. The molecule has 2 aromatic heterocycles. The number of aromatic nitrogens is 2. The Morgan fingerprint density at radius 3 is 2.65 bits per heavy atom. The lowest BCUT2D eigenvalue weighted by Gasteiger charge is -2.02. The van der Waals surface area contributed by atoms with E-state index in [1.165, 1.54) is 11.3 Å². The Morgan fingerprint density at radius 1 is 1.12 bits per heavy atom. The molecule has 0 fully saturated rings. The van der Waals surface area contributed by atoms with Gasteiger partial charge in [-0.1, -0.05) is 35.1 Å². The molecule has 0 atom stereocenters. The lowest BCUT2D eigenvalue weighted by atomic mass is 10.2. The summed E-state index contributed by atoms with van der Waals surface area (Å²) in [6.45, 7) is 2.52. The van der Waals surface area contributed by atoms with E-state index in [0.29, 0.717) is 35.1 Å². The molecule has 1 aromatic carbocycles. The molecular weight excluding hydrogens is 368 g/mol. The van der Waals surface area contributed by atoms with Gasteiger partial charge in [0.25, 0.3) is 5.91 Å². The highest BCUT2D eigenvalue weighted by molar-refractivity contribution is 7.13. The van der Waals surface area contributed by atoms with Gasteiger partial charge < -0.3 is 10.6 Å². The second-order valence-corrected chi connectivity index (χ2v) is 7.77. The Hall–Kier alpha value is -2.58. The van der Waals surface area contributed by atoms with Crippen LogP contribution in [0, 0.1) is 6.92 Å². The van der Waals surface area contributed by atoms with Crippen molar-refractivity contribution in [2.24, 2.45) is 0 Å². The normalized spacial score (nSPS) is 10.5. The van der Waals surface area contributed by atoms with Crippen molar-refractivity contribution in [3.63, 3.8) is 0 Å². The third-order valence-electron chi connectivity index (χ3n) is 3.58. The fourth-order valence-corrected chi connectivity index (χ4v) is 3.55. The van der Waals surface area contributed by atoms with Gasteiger partial charge in [-0.15, -0.1) is 21.5 Å². The lowest BCUT2D eigenvalue weighted by Crippen LogP contribution is -2.22. The van der Waals surface area contributed by atoms with Crippen molar-refractivity contribution >= 4 is 40.2 Å². The molecule has 0 radical (unpaired) electrons. The Morgan fingerprint density at radius 2 is 1.92 bits per heavy atom. The van der Waals surface area contributed by atoms with Crippen LogP contribution >= 0.6 is 22.7 Å². The Bertz CT molecular complexity index is 873. The minimum absolute atomic E-state index is 0.0424. The summed E-state index contributed by atoms with van der Waals surface area (Å²) in [5, 5.41) is 16.5. The van der Waals surface area contributed by atoms with Crippen LogP contribution in [0.5, 0.6) is 0 Å². The standard InChI is InChI=1S/C18H18N4O2S2/c1-12-4-6-13(7-5-12)20-17(24)18-22-21-16(26-18)9-8-15(23)19-11-14-3-2-10-25-14/h2-7,10H,8-9,11H2,1H3,(H,19,23)(H,20,24). The van der Waals surface area contributed by atoms with Crippen LogP contribution in [-0.2, 0) is 17.8 Å². The van der Waals surface area contributed by atoms with Crippen molar-refractivity contribution in [1.82, 2.24) is 15.5 Å². The molecule has 26 heavy (non-hydrogen) atoms. The van der Waals surface area contributed by atoms with E-state index >= 15 is 0 Å². The number of thiophene rings is 1. The Kier molecular flexibility index (Phi) is 6.08. The van der Waals surface area contributed by atoms with Gasteiger partial charge in [-0.25, -0.2) is 0 Å². The zero-order valence-electron chi connectivity index (χ0n) is 14.2. The maximum atomic E-state index is 12.2. The number of hydrogen-bond acceptors (Lipinski definition) is 6. The van der Waals surface area contributed by atoms with Gasteiger partial charge in [0.05, 0.1) is 6.54 Å². The van der Waals surface area contributed by atoms with Crippen LogP contribution < -0.4 is 10.6 Å². The summed E-state index contributed by atoms with van der Waals surface area (Å²) in [7, 11) is 0. The van der Waals surface area contributed by atoms with E-state index in [-0.39, 0.29) is 11.8 Å². The number of benzene rings is 1. The minimum Gasteiger partial charge on any atom is -0.351 e. The molecule has 6 nitrogen and oxygen atoms in total. The van der Waals surface area contributed by atoms with Crippen molar-refractivity contribution in [2.45, 2.75) is 26.3 Å². The second-order valence-electron chi connectivity index (χ2n) is 5.68. The van der Waals surface area contributed by atoms with Gasteiger partial charge in [0.15, 0.2) is 0 Å². The fraction of sp³-hybridized carbons (Fsp3) is 0.222. The lowest BCUT2D eigenvalue weighted by molar-refractivity contribution is -0.121. The maximum Gasteiger partial charge on any atom is 0.286 e. The topological polar surface area (TPSA) is 84.0 Å². The molecule has 0 saturated heterocycles. The predicted octanol–water partition coefficient (Wildman–Crippen LogP) is 3.41. The molecule has 0 saturated carbocycles. The number of carbonyl (C=O) groups is 2. The number of rotatable bonds is 7. The monoisotopic (exact) mass is 386 g/mol. The SMILES string of the molecule is Cc1ccc(NC(=O)c2nnc(CCC(=O)NCc3cccs3)s2)cc1. The summed E-state index contributed by atoms with van der Waals surface area (Å²) in [6, 6.07) is 11.5. The van der Waals surface area contributed by atoms with Crippen LogP contribution in [0.1, 0.15) is 31.7 Å². The number of hydrogen-bond donors (Lipinski definition) is 2. The van der Waals surface area contributed by atoms with Crippen molar-refractivity contribution in [2.75, 3.05) is 5.32 Å². The molecule has 0 aliphatic carbocycles. The number of anilines is 1. The summed E-state index contributed by atoms with van der Waals surface area (Å²) in [5.74, 6) is -0.334. The van der Waals surface area contributed by atoms with Gasteiger partial charge in [-0.2, -0.15) is 0 Å². The second kappa shape index (κ2) is 8.68. The molecule has 2 amide bonds. The van der Waals surface area contributed by atoms with Crippen LogP contribution in [0.4, 0.5) is 5.69 Å². The highest BCUT2D eigenvalue weighted by Gasteiger charge is 2.14. The average Bonchev–Trinajstić information content (AvgIpc) is 3.32. The summed E-state index contributed by atoms with van der Waals surface area (Å²) >= 11 is 2.82. The first kappa shape index (κ1) is 18.2. The molecule has 3 aromatic rings. The van der Waals surface area contributed by atoms with Crippen LogP contribution in [-0.4, -0.2) is 22.0 Å². The van der Waals surface area contributed by atoms with Crippen LogP contribution in [0.2, 0.25) is 0 Å². The zero-order chi connectivity index (χ0) is 18.4. The van der Waals surface area contributed by atoms with Crippen molar-refractivity contribution in [3.8, 4) is 0 Å². The van der Waals surface area contributed by atoms with Crippen LogP contribution in [0.15, 0.2) is 41.8 Å². The molecule has 0 aliphatic heterocycles. The van der Waals surface area contributed by atoms with Gasteiger partial charge >= 0.3 is 0 Å². The average molecular weight is 387 g/mol. The number of nitrogens with one attached hydrogen (secondary N) is 2. The van der Waals surface area contributed by atoms with E-state index in [1.807, 2.05) is 48.7 Å². The molecule has 8 heteroatoms. The van der Waals surface area contributed by atoms with E-state index in [4.69, 9.17) is 0 Å². The van der Waals surface area contributed by atoms with Crippen molar-refractivity contribution in [3.05, 3.63) is 62.2 Å². The summed E-state index contributed by atoms with van der Waals surface area (Å²) in [5.41, 5.74) is 1.84. The molecule has 0 bridgehead atoms. The maximum absolute atomic E-state index is 12.2. The number of carbonyl (C=O) groups excluding carboxylic acids is 2. The first-order valence-electron chi connectivity index (χ1n) is 8.09. The zero-order valence-corrected chi connectivity index (χ0v) is 15.8. The number of nitrogens with zero attached hydrogens (tertiary/aromatic N) is 2. The van der Waals surface area contributed by atoms with Gasteiger partial charge in [0, 0.05) is 23.4 Å². The quantitative estimate of drug-likeness (QED) is 0.652. The van der Waals surface area contributed by atoms with E-state index in [0.717, 1.165) is 10.4 Å². The fourth-order valence-electron chi connectivity index (χ4n) is 2.18. The first-order chi connectivity index (χ1) is 12.6. The molecular formula is C18H18N4O2S2. The highest BCUT2D eigenvalue weighted by Crippen LogP contribution is 2.15. The van der Waals surface area contributed by atoms with Gasteiger partial charge in [-0.3, -0.25) is 9.59 Å². The largest absolute Gasteiger partial charge is 0.351 e.